The molecule has 0 aliphatic heterocycles. The highest BCUT2D eigenvalue weighted by Crippen LogP contribution is 2.23. The standard InChI is InChI=1S/C20H25N3O2/c24-20(23-15-17-5-4-12-21-13-17)22-14-16-8-10-19(11-9-16)25-18-6-2-1-3-7-18/h4-5,8-13,18H,1-3,6-7,14-15H2,(H2,22,23,24). The van der Waals surface area contributed by atoms with Crippen LogP contribution in [-0.2, 0) is 13.1 Å². The molecule has 2 N–H and O–H groups in total. The minimum atomic E-state index is -0.189. The molecule has 0 spiro atoms. The highest BCUT2D eigenvalue weighted by molar-refractivity contribution is 5.73. The van der Waals surface area contributed by atoms with Gasteiger partial charge in [-0.05, 0) is 55.0 Å². The van der Waals surface area contributed by atoms with E-state index in [0.717, 1.165) is 29.7 Å². The zero-order valence-electron chi connectivity index (χ0n) is 14.4. The van der Waals surface area contributed by atoms with Crippen molar-refractivity contribution in [3.05, 3.63) is 59.9 Å². The van der Waals surface area contributed by atoms with Crippen molar-refractivity contribution < 1.29 is 9.53 Å². The van der Waals surface area contributed by atoms with Crippen molar-refractivity contribution in [3.8, 4) is 5.75 Å². The average Bonchev–Trinajstić information content (AvgIpc) is 2.67. The van der Waals surface area contributed by atoms with Gasteiger partial charge in [0.05, 0.1) is 6.10 Å². The summed E-state index contributed by atoms with van der Waals surface area (Å²) in [5, 5.41) is 5.68. The van der Waals surface area contributed by atoms with Gasteiger partial charge in [-0.15, -0.1) is 0 Å². The Morgan fingerprint density at radius 2 is 1.72 bits per heavy atom. The van der Waals surface area contributed by atoms with Crippen LogP contribution in [0.25, 0.3) is 0 Å². The van der Waals surface area contributed by atoms with Gasteiger partial charge in [0.25, 0.3) is 0 Å². The van der Waals surface area contributed by atoms with Gasteiger partial charge in [0.2, 0.25) is 0 Å². The van der Waals surface area contributed by atoms with Crippen LogP contribution in [0.15, 0.2) is 48.8 Å². The van der Waals surface area contributed by atoms with Gasteiger partial charge in [0.1, 0.15) is 5.75 Å². The number of amides is 2. The number of nitrogens with zero attached hydrogens (tertiary/aromatic N) is 1. The summed E-state index contributed by atoms with van der Waals surface area (Å²) < 4.78 is 6.02. The molecule has 1 aromatic carbocycles. The number of ether oxygens (including phenoxy) is 1. The van der Waals surface area contributed by atoms with E-state index in [0.29, 0.717) is 19.2 Å². The smallest absolute Gasteiger partial charge is 0.315 e. The molecule has 0 bridgehead atoms. The number of pyridine rings is 1. The molecule has 1 saturated carbocycles. The van der Waals surface area contributed by atoms with Crippen LogP contribution in [0, 0.1) is 0 Å². The van der Waals surface area contributed by atoms with Crippen molar-refractivity contribution in [2.24, 2.45) is 0 Å². The van der Waals surface area contributed by atoms with Crippen molar-refractivity contribution in [3.63, 3.8) is 0 Å². The zero-order chi connectivity index (χ0) is 17.3. The minimum Gasteiger partial charge on any atom is -0.490 e. The number of hydrogen-bond donors (Lipinski definition) is 2. The van der Waals surface area contributed by atoms with Crippen LogP contribution in [0.5, 0.6) is 5.75 Å². The van der Waals surface area contributed by atoms with Gasteiger partial charge in [-0.2, -0.15) is 0 Å². The Morgan fingerprint density at radius 3 is 2.40 bits per heavy atom. The van der Waals surface area contributed by atoms with Crippen LogP contribution < -0.4 is 15.4 Å². The second kappa shape index (κ2) is 9.06. The van der Waals surface area contributed by atoms with Crippen LogP contribution in [0.3, 0.4) is 0 Å². The third kappa shape index (κ3) is 5.78. The van der Waals surface area contributed by atoms with Crippen LogP contribution in [0.2, 0.25) is 0 Å². The van der Waals surface area contributed by atoms with Crippen LogP contribution >= 0.6 is 0 Å². The van der Waals surface area contributed by atoms with Gasteiger partial charge >= 0.3 is 6.03 Å². The predicted molar refractivity (Wildman–Crippen MR) is 97.3 cm³/mol. The molecule has 2 amide bonds. The van der Waals surface area contributed by atoms with E-state index in [1.807, 2.05) is 36.4 Å². The first-order valence-electron chi connectivity index (χ1n) is 8.96. The molecule has 2 aromatic rings. The number of carbonyl (C=O) groups excluding carboxylic acids is 1. The lowest BCUT2D eigenvalue weighted by atomic mass is 9.98. The van der Waals surface area contributed by atoms with Gasteiger partial charge in [-0.25, -0.2) is 4.79 Å². The van der Waals surface area contributed by atoms with Crippen molar-refractivity contribution in [1.82, 2.24) is 15.6 Å². The Hall–Kier alpha value is -2.56. The first kappa shape index (κ1) is 17.3. The second-order valence-electron chi connectivity index (χ2n) is 6.42. The topological polar surface area (TPSA) is 63.2 Å². The van der Waals surface area contributed by atoms with Gasteiger partial charge in [0, 0.05) is 25.5 Å². The number of urea groups is 1. The molecule has 1 aliphatic carbocycles. The Morgan fingerprint density at radius 1 is 1.00 bits per heavy atom. The van der Waals surface area contributed by atoms with E-state index in [1.165, 1.54) is 19.3 Å². The van der Waals surface area contributed by atoms with Crippen molar-refractivity contribution in [1.29, 1.82) is 0 Å². The summed E-state index contributed by atoms with van der Waals surface area (Å²) in [4.78, 5) is 15.9. The number of hydrogen-bond acceptors (Lipinski definition) is 3. The molecule has 5 heteroatoms. The molecule has 1 heterocycles. The van der Waals surface area contributed by atoms with E-state index in [1.54, 1.807) is 12.4 Å². The molecule has 0 atom stereocenters. The summed E-state index contributed by atoms with van der Waals surface area (Å²) in [6, 6.07) is 11.6. The van der Waals surface area contributed by atoms with Crippen molar-refractivity contribution >= 4 is 6.03 Å². The average molecular weight is 339 g/mol. The molecule has 1 fully saturated rings. The summed E-state index contributed by atoms with van der Waals surface area (Å²) in [7, 11) is 0. The van der Waals surface area contributed by atoms with E-state index in [2.05, 4.69) is 15.6 Å². The Kier molecular flexibility index (Phi) is 6.26. The molecule has 132 valence electrons. The molecule has 25 heavy (non-hydrogen) atoms. The Bertz CT molecular complexity index is 652. The Balaban J connectivity index is 1.39. The lowest BCUT2D eigenvalue weighted by Crippen LogP contribution is -2.34. The molecule has 1 aliphatic rings. The quantitative estimate of drug-likeness (QED) is 0.841. The number of carbonyl (C=O) groups is 1. The normalized spacial score (nSPS) is 14.7. The SMILES string of the molecule is O=C(NCc1ccc(OC2CCCCC2)cc1)NCc1cccnc1. The van der Waals surface area contributed by atoms with E-state index >= 15 is 0 Å². The summed E-state index contributed by atoms with van der Waals surface area (Å²) in [6.07, 6.45) is 9.97. The second-order valence-corrected chi connectivity index (χ2v) is 6.42. The van der Waals surface area contributed by atoms with Crippen LogP contribution in [0.1, 0.15) is 43.2 Å². The maximum Gasteiger partial charge on any atom is 0.315 e. The lowest BCUT2D eigenvalue weighted by molar-refractivity contribution is 0.155. The molecule has 0 unspecified atom stereocenters. The Labute approximate surface area is 148 Å². The third-order valence-corrected chi connectivity index (χ3v) is 4.41. The van der Waals surface area contributed by atoms with E-state index < -0.39 is 0 Å². The maximum atomic E-state index is 11.9. The van der Waals surface area contributed by atoms with E-state index in [-0.39, 0.29) is 6.03 Å². The third-order valence-electron chi connectivity index (χ3n) is 4.41. The molecule has 5 nitrogen and oxygen atoms in total. The monoisotopic (exact) mass is 339 g/mol. The molecule has 1 aromatic heterocycles. The van der Waals surface area contributed by atoms with Gasteiger partial charge in [-0.3, -0.25) is 4.98 Å². The van der Waals surface area contributed by atoms with Gasteiger partial charge in [0.15, 0.2) is 0 Å². The van der Waals surface area contributed by atoms with E-state index in [9.17, 15) is 4.79 Å². The number of benzene rings is 1. The molecule has 0 saturated heterocycles. The molecule has 0 radical (unpaired) electrons. The van der Waals surface area contributed by atoms with Gasteiger partial charge < -0.3 is 15.4 Å². The predicted octanol–water partition coefficient (Wildman–Crippen LogP) is 3.79. The fraction of sp³-hybridized carbons (Fsp3) is 0.400. The first-order valence-corrected chi connectivity index (χ1v) is 8.96. The molecular weight excluding hydrogens is 314 g/mol. The summed E-state index contributed by atoms with van der Waals surface area (Å²) >= 11 is 0. The summed E-state index contributed by atoms with van der Waals surface area (Å²) in [6.45, 7) is 0.955. The first-order chi connectivity index (χ1) is 12.3. The highest BCUT2D eigenvalue weighted by Gasteiger charge is 2.14. The number of aromatic nitrogens is 1. The summed E-state index contributed by atoms with van der Waals surface area (Å²) in [5.74, 6) is 0.914. The van der Waals surface area contributed by atoms with Gasteiger partial charge in [-0.1, -0.05) is 24.6 Å². The van der Waals surface area contributed by atoms with Crippen molar-refractivity contribution in [2.75, 3.05) is 0 Å². The lowest BCUT2D eigenvalue weighted by Gasteiger charge is -2.23. The van der Waals surface area contributed by atoms with Crippen LogP contribution in [-0.4, -0.2) is 17.1 Å². The number of rotatable bonds is 6. The highest BCUT2D eigenvalue weighted by atomic mass is 16.5. The van der Waals surface area contributed by atoms with E-state index in [4.69, 9.17) is 4.74 Å². The molecular formula is C20H25N3O2. The zero-order valence-corrected chi connectivity index (χ0v) is 14.4. The minimum absolute atomic E-state index is 0.189. The maximum absolute atomic E-state index is 11.9. The fourth-order valence-corrected chi connectivity index (χ4v) is 2.99. The van der Waals surface area contributed by atoms with Crippen molar-refractivity contribution in [2.45, 2.75) is 51.3 Å². The largest absolute Gasteiger partial charge is 0.490 e. The fourth-order valence-electron chi connectivity index (χ4n) is 2.99. The number of nitrogens with one attached hydrogen (secondary N) is 2. The molecule has 3 rings (SSSR count). The summed E-state index contributed by atoms with van der Waals surface area (Å²) in [5.41, 5.74) is 2.02. The van der Waals surface area contributed by atoms with Crippen LogP contribution in [0.4, 0.5) is 4.79 Å².